The van der Waals surface area contributed by atoms with Gasteiger partial charge in [-0.05, 0) is 26.2 Å². The summed E-state index contributed by atoms with van der Waals surface area (Å²) >= 11 is 0. The zero-order valence-electron chi connectivity index (χ0n) is 10.8. The molecule has 4 unspecified atom stereocenters. The molecule has 1 aliphatic carbocycles. The number of carboxylic acid groups (broad SMARTS) is 1. The van der Waals surface area contributed by atoms with Gasteiger partial charge in [0, 0.05) is 28.9 Å². The van der Waals surface area contributed by atoms with Gasteiger partial charge >= 0.3 is 5.97 Å². The maximum atomic E-state index is 12.0. The Hall–Kier alpha value is -0.910. The van der Waals surface area contributed by atoms with Gasteiger partial charge in [-0.1, -0.05) is 6.42 Å². The van der Waals surface area contributed by atoms with Gasteiger partial charge in [0.25, 0.3) is 0 Å². The molecular formula is C12H21NO4S. The molecule has 1 rings (SSSR count). The predicted molar refractivity (Wildman–Crippen MR) is 69.6 cm³/mol. The van der Waals surface area contributed by atoms with E-state index in [0.29, 0.717) is 25.0 Å². The molecule has 5 nitrogen and oxygen atoms in total. The van der Waals surface area contributed by atoms with E-state index in [1.54, 1.807) is 6.26 Å². The molecule has 1 aliphatic rings. The third-order valence-electron chi connectivity index (χ3n) is 3.40. The largest absolute Gasteiger partial charge is 0.481 e. The van der Waals surface area contributed by atoms with Crippen LogP contribution < -0.4 is 5.32 Å². The summed E-state index contributed by atoms with van der Waals surface area (Å²) in [5.74, 6) is -1.45. The summed E-state index contributed by atoms with van der Waals surface area (Å²) in [5.41, 5.74) is 0. The van der Waals surface area contributed by atoms with Crippen LogP contribution >= 0.6 is 0 Å². The molecule has 0 aromatic carbocycles. The minimum atomic E-state index is -0.880. The van der Waals surface area contributed by atoms with Crippen molar-refractivity contribution < 1.29 is 18.9 Å². The summed E-state index contributed by atoms with van der Waals surface area (Å²) in [7, 11) is -0.863. The number of hydrogen-bond acceptors (Lipinski definition) is 3. The van der Waals surface area contributed by atoms with Gasteiger partial charge in [-0.25, -0.2) is 0 Å². The molecule has 1 fully saturated rings. The van der Waals surface area contributed by atoms with Crippen LogP contribution in [-0.2, 0) is 20.4 Å². The summed E-state index contributed by atoms with van der Waals surface area (Å²) in [4.78, 5) is 23.0. The van der Waals surface area contributed by atoms with Gasteiger partial charge in [0.15, 0.2) is 0 Å². The molecule has 0 spiro atoms. The Bertz CT molecular complexity index is 345. The quantitative estimate of drug-likeness (QED) is 0.749. The predicted octanol–water partition coefficient (Wildman–Crippen LogP) is 0.761. The van der Waals surface area contributed by atoms with E-state index in [2.05, 4.69) is 5.32 Å². The third kappa shape index (κ3) is 4.40. The molecule has 0 heterocycles. The van der Waals surface area contributed by atoms with E-state index in [1.807, 2.05) is 6.92 Å². The summed E-state index contributed by atoms with van der Waals surface area (Å²) in [6, 6.07) is -0.0588. The minimum absolute atomic E-state index is 0.0588. The fourth-order valence-corrected chi connectivity index (χ4v) is 3.02. The first-order valence-corrected chi connectivity index (χ1v) is 7.97. The second-order valence-electron chi connectivity index (χ2n) is 4.96. The maximum Gasteiger partial charge on any atom is 0.307 e. The highest BCUT2D eigenvalue weighted by atomic mass is 32.2. The molecule has 0 radical (unpaired) electrons. The van der Waals surface area contributed by atoms with Crippen molar-refractivity contribution in [1.82, 2.24) is 5.32 Å². The molecule has 6 heteroatoms. The van der Waals surface area contributed by atoms with Gasteiger partial charge in [-0.2, -0.15) is 0 Å². The van der Waals surface area contributed by atoms with Crippen LogP contribution in [0.1, 0.15) is 32.6 Å². The molecular weight excluding hydrogens is 254 g/mol. The molecule has 18 heavy (non-hydrogen) atoms. The fourth-order valence-electron chi connectivity index (χ4n) is 2.33. The topological polar surface area (TPSA) is 83.5 Å². The first kappa shape index (κ1) is 15.1. The minimum Gasteiger partial charge on any atom is -0.481 e. The SMILES string of the molecule is CC(CCS(C)=O)NC(=O)C1CCCC1C(=O)O. The Morgan fingerprint density at radius 2 is 2.00 bits per heavy atom. The summed E-state index contributed by atoms with van der Waals surface area (Å²) in [6.45, 7) is 1.86. The maximum absolute atomic E-state index is 12.0. The van der Waals surface area contributed by atoms with Crippen molar-refractivity contribution in [3.8, 4) is 0 Å². The van der Waals surface area contributed by atoms with Crippen LogP contribution in [0.5, 0.6) is 0 Å². The summed E-state index contributed by atoms with van der Waals surface area (Å²) in [6.07, 6.45) is 4.31. The van der Waals surface area contributed by atoms with Gasteiger partial charge in [-0.15, -0.1) is 0 Å². The van der Waals surface area contributed by atoms with Crippen LogP contribution in [0.25, 0.3) is 0 Å². The standard InChI is InChI=1S/C12H21NO4S/c1-8(6-7-18(2)17)13-11(14)9-4-3-5-10(9)12(15)16/h8-10H,3-7H2,1-2H3,(H,13,14)(H,15,16). The highest BCUT2D eigenvalue weighted by Crippen LogP contribution is 2.32. The molecule has 0 bridgehead atoms. The number of hydrogen-bond donors (Lipinski definition) is 2. The molecule has 1 amide bonds. The Balaban J connectivity index is 2.44. The summed E-state index contributed by atoms with van der Waals surface area (Å²) in [5, 5.41) is 11.8. The third-order valence-corrected chi connectivity index (χ3v) is 4.21. The van der Waals surface area contributed by atoms with Gasteiger partial charge in [0.1, 0.15) is 0 Å². The number of amides is 1. The lowest BCUT2D eigenvalue weighted by Gasteiger charge is -2.19. The van der Waals surface area contributed by atoms with Gasteiger partial charge in [0.05, 0.1) is 11.8 Å². The van der Waals surface area contributed by atoms with Crippen molar-refractivity contribution in [1.29, 1.82) is 0 Å². The Kier molecular flexibility index (Phi) is 5.78. The number of aliphatic carboxylic acids is 1. The molecule has 0 aromatic heterocycles. The van der Waals surface area contributed by atoms with Crippen LogP contribution in [0.3, 0.4) is 0 Å². The number of nitrogens with one attached hydrogen (secondary N) is 1. The van der Waals surface area contributed by atoms with E-state index in [0.717, 1.165) is 6.42 Å². The van der Waals surface area contributed by atoms with Crippen LogP contribution in [0, 0.1) is 11.8 Å². The molecule has 0 saturated heterocycles. The highest BCUT2D eigenvalue weighted by molar-refractivity contribution is 7.84. The zero-order valence-corrected chi connectivity index (χ0v) is 11.7. The first-order valence-electron chi connectivity index (χ1n) is 6.25. The van der Waals surface area contributed by atoms with Gasteiger partial charge < -0.3 is 10.4 Å². The molecule has 104 valence electrons. The molecule has 2 N–H and O–H groups in total. The van der Waals surface area contributed by atoms with E-state index < -0.39 is 28.6 Å². The lowest BCUT2D eigenvalue weighted by molar-refractivity contribution is -0.146. The van der Waals surface area contributed by atoms with Crippen LogP contribution in [0.2, 0.25) is 0 Å². The van der Waals surface area contributed by atoms with E-state index in [1.165, 1.54) is 0 Å². The average molecular weight is 275 g/mol. The van der Waals surface area contributed by atoms with Crippen molar-refractivity contribution in [2.24, 2.45) is 11.8 Å². The second kappa shape index (κ2) is 6.87. The van der Waals surface area contributed by atoms with E-state index in [-0.39, 0.29) is 11.9 Å². The smallest absolute Gasteiger partial charge is 0.307 e. The van der Waals surface area contributed by atoms with Crippen molar-refractivity contribution in [3.63, 3.8) is 0 Å². The van der Waals surface area contributed by atoms with E-state index in [9.17, 15) is 13.8 Å². The molecule has 1 saturated carbocycles. The average Bonchev–Trinajstić information content (AvgIpc) is 2.75. The summed E-state index contributed by atoms with van der Waals surface area (Å²) < 4.78 is 11.0. The molecule has 0 aromatic rings. The normalized spacial score (nSPS) is 26.6. The van der Waals surface area contributed by atoms with Gasteiger partial charge in [0.2, 0.25) is 5.91 Å². The van der Waals surface area contributed by atoms with Crippen LogP contribution in [0.15, 0.2) is 0 Å². The van der Waals surface area contributed by atoms with Crippen LogP contribution in [-0.4, -0.2) is 39.2 Å². The van der Waals surface area contributed by atoms with E-state index >= 15 is 0 Å². The number of carbonyl (C=O) groups excluding carboxylic acids is 1. The van der Waals surface area contributed by atoms with Crippen LogP contribution in [0.4, 0.5) is 0 Å². The van der Waals surface area contributed by atoms with E-state index in [4.69, 9.17) is 5.11 Å². The van der Waals surface area contributed by atoms with Crippen molar-refractivity contribution in [3.05, 3.63) is 0 Å². The van der Waals surface area contributed by atoms with Crippen molar-refractivity contribution >= 4 is 22.7 Å². The van der Waals surface area contributed by atoms with Crippen molar-refractivity contribution in [2.75, 3.05) is 12.0 Å². The number of carboxylic acids is 1. The molecule has 0 aliphatic heterocycles. The van der Waals surface area contributed by atoms with Crippen molar-refractivity contribution in [2.45, 2.75) is 38.6 Å². The highest BCUT2D eigenvalue weighted by Gasteiger charge is 2.37. The lowest BCUT2D eigenvalue weighted by Crippen LogP contribution is -2.40. The monoisotopic (exact) mass is 275 g/mol. The number of carbonyl (C=O) groups is 2. The van der Waals surface area contributed by atoms with Gasteiger partial charge in [-0.3, -0.25) is 13.8 Å². The number of rotatable bonds is 6. The Morgan fingerprint density at radius 3 is 2.56 bits per heavy atom. The lowest BCUT2D eigenvalue weighted by atomic mass is 9.95. The molecule has 4 atom stereocenters. The fraction of sp³-hybridized carbons (Fsp3) is 0.833. The zero-order chi connectivity index (χ0) is 13.7. The Morgan fingerprint density at radius 1 is 1.39 bits per heavy atom. The Labute approximate surface area is 110 Å². The first-order chi connectivity index (χ1) is 8.41. The second-order valence-corrected chi connectivity index (χ2v) is 6.51.